The number of rotatable bonds is 5. The number of amides is 1. The maximum absolute atomic E-state index is 12.6. The van der Waals surface area contributed by atoms with Crippen LogP contribution in [0.25, 0.3) is 0 Å². The van der Waals surface area contributed by atoms with Crippen molar-refractivity contribution in [3.63, 3.8) is 0 Å². The Balaban J connectivity index is 1.74. The molecule has 2 aromatic heterocycles. The third-order valence-electron chi connectivity index (χ3n) is 4.35. The van der Waals surface area contributed by atoms with Crippen LogP contribution in [-0.2, 0) is 11.3 Å². The van der Waals surface area contributed by atoms with Crippen molar-refractivity contribution in [2.24, 2.45) is 0 Å². The first-order valence-electron chi connectivity index (χ1n) is 8.14. The molecule has 1 fully saturated rings. The van der Waals surface area contributed by atoms with Gasteiger partial charge in [-0.15, -0.1) is 0 Å². The summed E-state index contributed by atoms with van der Waals surface area (Å²) in [6.45, 7) is 2.63. The molecular formula is C17H22N4O3. The predicted molar refractivity (Wildman–Crippen MR) is 87.9 cm³/mol. The number of hydrogen-bond acceptors (Lipinski definition) is 5. The number of hydrogen-bond donors (Lipinski definition) is 1. The van der Waals surface area contributed by atoms with Crippen molar-refractivity contribution >= 4 is 5.91 Å². The minimum atomic E-state index is -0.229. The Hall–Kier alpha value is -2.41. The fourth-order valence-corrected chi connectivity index (χ4v) is 3.14. The Bertz CT molecular complexity index is 701. The number of aromatic hydroxyl groups is 1. The van der Waals surface area contributed by atoms with Crippen molar-refractivity contribution in [2.45, 2.75) is 25.3 Å². The molecule has 0 spiro atoms. The number of ether oxygens (including phenoxy) is 1. The Kier molecular flexibility index (Phi) is 5.10. The highest BCUT2D eigenvalue weighted by atomic mass is 16.5. The maximum Gasteiger partial charge on any atom is 0.276 e. The summed E-state index contributed by atoms with van der Waals surface area (Å²) in [7, 11) is 1.68. The van der Waals surface area contributed by atoms with Gasteiger partial charge in [-0.1, -0.05) is 0 Å². The van der Waals surface area contributed by atoms with Gasteiger partial charge < -0.3 is 19.3 Å². The van der Waals surface area contributed by atoms with Crippen LogP contribution in [0.5, 0.6) is 5.75 Å². The molecule has 0 aromatic carbocycles. The quantitative estimate of drug-likeness (QED) is 0.901. The van der Waals surface area contributed by atoms with Gasteiger partial charge in [0, 0.05) is 51.3 Å². The van der Waals surface area contributed by atoms with Gasteiger partial charge in [-0.3, -0.25) is 4.79 Å². The van der Waals surface area contributed by atoms with E-state index in [-0.39, 0.29) is 23.3 Å². The Labute approximate surface area is 140 Å². The van der Waals surface area contributed by atoms with E-state index in [2.05, 4.69) is 14.5 Å². The second-order valence-corrected chi connectivity index (χ2v) is 5.93. The molecule has 0 bridgehead atoms. The average molecular weight is 330 g/mol. The lowest BCUT2D eigenvalue weighted by molar-refractivity contribution is 0.0693. The molecule has 24 heavy (non-hydrogen) atoms. The molecule has 1 unspecified atom stereocenters. The Morgan fingerprint density at radius 2 is 2.29 bits per heavy atom. The van der Waals surface area contributed by atoms with Crippen LogP contribution in [-0.4, -0.2) is 57.3 Å². The summed E-state index contributed by atoms with van der Waals surface area (Å²) in [5.41, 5.74) is 0.112. The molecule has 7 nitrogen and oxygen atoms in total. The summed E-state index contributed by atoms with van der Waals surface area (Å²) in [5.74, 6) is 0.856. The van der Waals surface area contributed by atoms with Gasteiger partial charge in [0.15, 0.2) is 5.69 Å². The molecule has 0 aliphatic carbocycles. The lowest BCUT2D eigenvalue weighted by Crippen LogP contribution is -2.40. The zero-order valence-electron chi connectivity index (χ0n) is 13.8. The third kappa shape index (κ3) is 3.41. The molecule has 3 heterocycles. The highest BCUT2D eigenvalue weighted by molar-refractivity contribution is 5.94. The number of carbonyl (C=O) groups excluding carboxylic acids is 1. The summed E-state index contributed by atoms with van der Waals surface area (Å²) >= 11 is 0. The number of piperidine rings is 1. The summed E-state index contributed by atoms with van der Waals surface area (Å²) in [4.78, 5) is 22.9. The summed E-state index contributed by atoms with van der Waals surface area (Å²) in [6.07, 6.45) is 7.14. The molecule has 1 aliphatic rings. The van der Waals surface area contributed by atoms with E-state index in [0.717, 1.165) is 25.2 Å². The zero-order valence-corrected chi connectivity index (χ0v) is 13.8. The minimum Gasteiger partial charge on any atom is -0.505 e. The van der Waals surface area contributed by atoms with Crippen LogP contribution in [0.3, 0.4) is 0 Å². The van der Waals surface area contributed by atoms with Crippen molar-refractivity contribution in [2.75, 3.05) is 26.8 Å². The van der Waals surface area contributed by atoms with Crippen molar-refractivity contribution < 1.29 is 14.6 Å². The lowest BCUT2D eigenvalue weighted by Gasteiger charge is -2.32. The Morgan fingerprint density at radius 1 is 1.42 bits per heavy atom. The molecule has 0 radical (unpaired) electrons. The normalized spacial score (nSPS) is 17.9. The van der Waals surface area contributed by atoms with Crippen LogP contribution in [0.1, 0.15) is 35.1 Å². The van der Waals surface area contributed by atoms with Gasteiger partial charge in [0.1, 0.15) is 11.6 Å². The molecule has 7 heteroatoms. The summed E-state index contributed by atoms with van der Waals surface area (Å²) in [6, 6.07) is 3.09. The van der Waals surface area contributed by atoms with Crippen molar-refractivity contribution in [3.8, 4) is 5.75 Å². The van der Waals surface area contributed by atoms with Crippen LogP contribution >= 0.6 is 0 Å². The summed E-state index contributed by atoms with van der Waals surface area (Å²) < 4.78 is 7.22. The fraction of sp³-hybridized carbons (Fsp3) is 0.471. The number of methoxy groups -OCH3 is 1. The molecular weight excluding hydrogens is 308 g/mol. The highest BCUT2D eigenvalue weighted by Gasteiger charge is 2.29. The van der Waals surface area contributed by atoms with E-state index in [1.54, 1.807) is 24.3 Å². The molecule has 1 amide bonds. The minimum absolute atomic E-state index is 0.0776. The van der Waals surface area contributed by atoms with E-state index in [9.17, 15) is 9.90 Å². The maximum atomic E-state index is 12.6. The monoisotopic (exact) mass is 330 g/mol. The van der Waals surface area contributed by atoms with E-state index in [1.807, 2.05) is 6.20 Å². The standard InChI is InChI=1S/C17H22N4O3/c1-24-11-10-20-9-7-19-16(20)13-4-3-8-21(12-13)17(23)15-14(22)5-2-6-18-15/h2,5-7,9,13,22H,3-4,8,10-12H2,1H3. The van der Waals surface area contributed by atoms with E-state index in [1.165, 1.54) is 12.3 Å². The molecule has 1 saturated heterocycles. The SMILES string of the molecule is COCCn1ccnc1C1CCCN(C(=O)c2ncccc2O)C1. The fourth-order valence-electron chi connectivity index (χ4n) is 3.14. The van der Waals surface area contributed by atoms with Gasteiger partial charge >= 0.3 is 0 Å². The van der Waals surface area contributed by atoms with Crippen LogP contribution in [0.15, 0.2) is 30.7 Å². The first-order valence-corrected chi connectivity index (χ1v) is 8.14. The lowest BCUT2D eigenvalue weighted by atomic mass is 9.96. The van der Waals surface area contributed by atoms with E-state index in [4.69, 9.17) is 4.74 Å². The smallest absolute Gasteiger partial charge is 0.276 e. The highest BCUT2D eigenvalue weighted by Crippen LogP contribution is 2.27. The van der Waals surface area contributed by atoms with Gasteiger partial charge in [-0.25, -0.2) is 9.97 Å². The van der Waals surface area contributed by atoms with Gasteiger partial charge in [0.2, 0.25) is 0 Å². The van der Waals surface area contributed by atoms with Gasteiger partial charge in [0.25, 0.3) is 5.91 Å². The van der Waals surface area contributed by atoms with Crippen molar-refractivity contribution in [3.05, 3.63) is 42.2 Å². The first kappa shape index (κ1) is 16.4. The van der Waals surface area contributed by atoms with Crippen LogP contribution in [0.2, 0.25) is 0 Å². The molecule has 128 valence electrons. The van der Waals surface area contributed by atoms with Crippen LogP contribution in [0, 0.1) is 0 Å². The van der Waals surface area contributed by atoms with Crippen LogP contribution in [0.4, 0.5) is 0 Å². The second kappa shape index (κ2) is 7.44. The number of likely N-dealkylation sites (tertiary alicyclic amines) is 1. The largest absolute Gasteiger partial charge is 0.505 e. The molecule has 2 aromatic rings. The second-order valence-electron chi connectivity index (χ2n) is 5.93. The number of pyridine rings is 1. The zero-order chi connectivity index (χ0) is 16.9. The molecule has 1 aliphatic heterocycles. The van der Waals surface area contributed by atoms with E-state index < -0.39 is 0 Å². The Morgan fingerprint density at radius 3 is 3.08 bits per heavy atom. The van der Waals surface area contributed by atoms with E-state index in [0.29, 0.717) is 19.7 Å². The first-order chi connectivity index (χ1) is 11.7. The number of imidazole rings is 1. The number of aromatic nitrogens is 3. The summed E-state index contributed by atoms with van der Waals surface area (Å²) in [5, 5.41) is 9.86. The van der Waals surface area contributed by atoms with Gasteiger partial charge in [0.05, 0.1) is 6.61 Å². The predicted octanol–water partition coefficient (Wildman–Crippen LogP) is 1.65. The van der Waals surface area contributed by atoms with Crippen molar-refractivity contribution in [1.82, 2.24) is 19.4 Å². The van der Waals surface area contributed by atoms with E-state index >= 15 is 0 Å². The topological polar surface area (TPSA) is 80.5 Å². The van der Waals surface area contributed by atoms with Gasteiger partial charge in [-0.05, 0) is 25.0 Å². The number of carbonyl (C=O) groups is 1. The van der Waals surface area contributed by atoms with Crippen LogP contribution < -0.4 is 0 Å². The molecule has 0 saturated carbocycles. The molecule has 1 N–H and O–H groups in total. The third-order valence-corrected chi connectivity index (χ3v) is 4.35. The van der Waals surface area contributed by atoms with Crippen molar-refractivity contribution in [1.29, 1.82) is 0 Å². The molecule has 3 rings (SSSR count). The number of nitrogens with zero attached hydrogens (tertiary/aromatic N) is 4. The average Bonchev–Trinajstić information content (AvgIpc) is 3.08. The molecule has 1 atom stereocenters. The van der Waals surface area contributed by atoms with Gasteiger partial charge in [-0.2, -0.15) is 0 Å².